The molecule has 0 aliphatic rings. The van der Waals surface area contributed by atoms with Gasteiger partial charge in [0.25, 0.3) is 0 Å². The molecule has 5 heteroatoms. The normalized spacial score (nSPS) is 12.7. The number of nitrogens with zero attached hydrogens (tertiary/aromatic N) is 3. The van der Waals surface area contributed by atoms with Crippen molar-refractivity contribution < 1.29 is 4.39 Å². The van der Waals surface area contributed by atoms with Gasteiger partial charge in [0.15, 0.2) is 0 Å². The number of pyridine rings is 1. The lowest BCUT2D eigenvalue weighted by atomic mass is 10.1. The van der Waals surface area contributed by atoms with E-state index in [-0.39, 0.29) is 17.9 Å². The van der Waals surface area contributed by atoms with Gasteiger partial charge in [0.1, 0.15) is 12.1 Å². The van der Waals surface area contributed by atoms with E-state index in [4.69, 9.17) is 0 Å². The van der Waals surface area contributed by atoms with Gasteiger partial charge >= 0.3 is 0 Å². The Morgan fingerprint density at radius 3 is 2.39 bits per heavy atom. The van der Waals surface area contributed by atoms with Crippen LogP contribution in [0.5, 0.6) is 0 Å². The van der Waals surface area contributed by atoms with E-state index in [1.165, 1.54) is 18.6 Å². The molecular formula is C13H15FN4. The molecule has 0 aliphatic carbocycles. The van der Waals surface area contributed by atoms with Crippen molar-refractivity contribution in [2.45, 2.75) is 25.9 Å². The maximum absolute atomic E-state index is 12.9. The van der Waals surface area contributed by atoms with E-state index >= 15 is 0 Å². The Bertz CT molecular complexity index is 484. The minimum Gasteiger partial charge on any atom is -0.303 e. The molecule has 0 aliphatic heterocycles. The average Bonchev–Trinajstić information content (AvgIpc) is 2.38. The van der Waals surface area contributed by atoms with Gasteiger partial charge in [-0.2, -0.15) is 0 Å². The van der Waals surface area contributed by atoms with Gasteiger partial charge < -0.3 is 5.32 Å². The Morgan fingerprint density at radius 1 is 1.11 bits per heavy atom. The molecule has 0 radical (unpaired) electrons. The van der Waals surface area contributed by atoms with Crippen LogP contribution in [0.4, 0.5) is 4.39 Å². The molecule has 0 saturated heterocycles. The van der Waals surface area contributed by atoms with Gasteiger partial charge in [-0.15, -0.1) is 0 Å². The van der Waals surface area contributed by atoms with E-state index in [0.29, 0.717) is 0 Å². The van der Waals surface area contributed by atoms with E-state index in [0.717, 1.165) is 11.3 Å². The zero-order valence-corrected chi connectivity index (χ0v) is 10.3. The molecule has 1 unspecified atom stereocenters. The minimum absolute atomic E-state index is 0.133. The first kappa shape index (κ1) is 12.6. The SMILES string of the molecule is CC(C)NC(c1cncnc1)c1ccc(F)cn1. The summed E-state index contributed by atoms with van der Waals surface area (Å²) < 4.78 is 12.9. The van der Waals surface area contributed by atoms with Crippen molar-refractivity contribution >= 4 is 0 Å². The highest BCUT2D eigenvalue weighted by molar-refractivity contribution is 5.23. The standard InChI is InChI=1S/C13H15FN4/c1-9(2)18-13(10-5-15-8-16-6-10)12-4-3-11(14)7-17-12/h3-9,13,18H,1-2H3. The van der Waals surface area contributed by atoms with Crippen LogP contribution in [-0.4, -0.2) is 21.0 Å². The smallest absolute Gasteiger partial charge is 0.141 e. The first-order valence-electron chi connectivity index (χ1n) is 5.79. The molecule has 2 aromatic heterocycles. The molecule has 1 atom stereocenters. The molecular weight excluding hydrogens is 231 g/mol. The third-order valence-corrected chi connectivity index (χ3v) is 2.46. The Balaban J connectivity index is 2.33. The Labute approximate surface area is 105 Å². The Kier molecular flexibility index (Phi) is 3.94. The molecule has 0 bridgehead atoms. The highest BCUT2D eigenvalue weighted by Gasteiger charge is 2.16. The summed E-state index contributed by atoms with van der Waals surface area (Å²) in [4.78, 5) is 12.1. The van der Waals surface area contributed by atoms with E-state index in [1.807, 2.05) is 13.8 Å². The maximum Gasteiger partial charge on any atom is 0.141 e. The van der Waals surface area contributed by atoms with Crippen molar-refractivity contribution in [2.75, 3.05) is 0 Å². The molecule has 0 aromatic carbocycles. The quantitative estimate of drug-likeness (QED) is 0.897. The number of hydrogen-bond donors (Lipinski definition) is 1. The van der Waals surface area contributed by atoms with Gasteiger partial charge in [0.2, 0.25) is 0 Å². The third-order valence-electron chi connectivity index (χ3n) is 2.46. The first-order chi connectivity index (χ1) is 8.66. The van der Waals surface area contributed by atoms with Crippen LogP contribution < -0.4 is 5.32 Å². The van der Waals surface area contributed by atoms with Crippen LogP contribution in [0.3, 0.4) is 0 Å². The lowest BCUT2D eigenvalue weighted by molar-refractivity contribution is 0.515. The number of hydrogen-bond acceptors (Lipinski definition) is 4. The van der Waals surface area contributed by atoms with Crippen LogP contribution >= 0.6 is 0 Å². The van der Waals surface area contributed by atoms with Crippen molar-refractivity contribution in [2.24, 2.45) is 0 Å². The molecule has 0 spiro atoms. The predicted octanol–water partition coefficient (Wildman–Crippen LogP) is 2.10. The molecule has 0 saturated carbocycles. The lowest BCUT2D eigenvalue weighted by Gasteiger charge is -2.20. The second-order valence-corrected chi connectivity index (χ2v) is 4.33. The second-order valence-electron chi connectivity index (χ2n) is 4.33. The fraction of sp³-hybridized carbons (Fsp3) is 0.308. The van der Waals surface area contributed by atoms with Crippen molar-refractivity contribution in [1.29, 1.82) is 0 Å². The van der Waals surface area contributed by atoms with Gasteiger partial charge in [-0.3, -0.25) is 4.98 Å². The van der Waals surface area contributed by atoms with Gasteiger partial charge in [-0.05, 0) is 26.0 Å². The van der Waals surface area contributed by atoms with Gasteiger partial charge in [-0.25, -0.2) is 14.4 Å². The number of rotatable bonds is 4. The van der Waals surface area contributed by atoms with Crippen LogP contribution in [0, 0.1) is 5.82 Å². The zero-order chi connectivity index (χ0) is 13.0. The second kappa shape index (κ2) is 5.64. The predicted molar refractivity (Wildman–Crippen MR) is 66.3 cm³/mol. The Morgan fingerprint density at radius 2 is 1.83 bits per heavy atom. The fourth-order valence-corrected chi connectivity index (χ4v) is 1.70. The minimum atomic E-state index is -0.341. The summed E-state index contributed by atoms with van der Waals surface area (Å²) in [6.45, 7) is 4.08. The Hall–Kier alpha value is -1.88. The molecule has 2 aromatic rings. The molecule has 94 valence electrons. The molecule has 1 N–H and O–H groups in total. The average molecular weight is 246 g/mol. The van der Waals surface area contributed by atoms with Gasteiger partial charge in [0.05, 0.1) is 17.9 Å². The fourth-order valence-electron chi connectivity index (χ4n) is 1.70. The van der Waals surface area contributed by atoms with Crippen molar-refractivity contribution in [3.63, 3.8) is 0 Å². The lowest BCUT2D eigenvalue weighted by Crippen LogP contribution is -2.29. The summed E-state index contributed by atoms with van der Waals surface area (Å²) >= 11 is 0. The summed E-state index contributed by atoms with van der Waals surface area (Å²) in [5, 5.41) is 3.37. The van der Waals surface area contributed by atoms with Crippen molar-refractivity contribution in [1.82, 2.24) is 20.3 Å². The number of nitrogens with one attached hydrogen (secondary N) is 1. The molecule has 0 amide bonds. The van der Waals surface area contributed by atoms with E-state index < -0.39 is 0 Å². The molecule has 4 nitrogen and oxygen atoms in total. The summed E-state index contributed by atoms with van der Waals surface area (Å²) in [5.41, 5.74) is 1.66. The van der Waals surface area contributed by atoms with E-state index in [9.17, 15) is 4.39 Å². The molecule has 2 heterocycles. The first-order valence-corrected chi connectivity index (χ1v) is 5.79. The van der Waals surface area contributed by atoms with Crippen LogP contribution in [-0.2, 0) is 0 Å². The summed E-state index contributed by atoms with van der Waals surface area (Å²) in [6, 6.07) is 3.21. The van der Waals surface area contributed by atoms with Crippen molar-refractivity contribution in [3.8, 4) is 0 Å². The molecule has 2 rings (SSSR count). The maximum atomic E-state index is 12.9. The topological polar surface area (TPSA) is 50.7 Å². The zero-order valence-electron chi connectivity index (χ0n) is 10.3. The van der Waals surface area contributed by atoms with Crippen LogP contribution in [0.2, 0.25) is 0 Å². The monoisotopic (exact) mass is 246 g/mol. The highest BCUT2D eigenvalue weighted by atomic mass is 19.1. The van der Waals surface area contributed by atoms with E-state index in [2.05, 4.69) is 20.3 Å². The van der Waals surface area contributed by atoms with Crippen LogP contribution in [0.15, 0.2) is 37.1 Å². The summed E-state index contributed by atoms with van der Waals surface area (Å²) in [6.07, 6.45) is 6.17. The highest BCUT2D eigenvalue weighted by Crippen LogP contribution is 2.19. The summed E-state index contributed by atoms with van der Waals surface area (Å²) in [5.74, 6) is -0.341. The van der Waals surface area contributed by atoms with Gasteiger partial charge in [0, 0.05) is 24.0 Å². The molecule has 0 fully saturated rings. The van der Waals surface area contributed by atoms with Crippen LogP contribution in [0.25, 0.3) is 0 Å². The van der Waals surface area contributed by atoms with Crippen molar-refractivity contribution in [3.05, 3.63) is 54.1 Å². The molecule has 18 heavy (non-hydrogen) atoms. The number of halogens is 1. The van der Waals surface area contributed by atoms with E-state index in [1.54, 1.807) is 18.5 Å². The number of aromatic nitrogens is 3. The van der Waals surface area contributed by atoms with Crippen LogP contribution in [0.1, 0.15) is 31.1 Å². The van der Waals surface area contributed by atoms with Gasteiger partial charge in [-0.1, -0.05) is 0 Å². The third kappa shape index (κ3) is 3.07. The summed E-state index contributed by atoms with van der Waals surface area (Å²) in [7, 11) is 0. The largest absolute Gasteiger partial charge is 0.303 e.